The molecule has 0 radical (unpaired) electrons. The van der Waals surface area contributed by atoms with Crippen LogP contribution in [0.5, 0.6) is 0 Å². The first-order valence-corrected chi connectivity index (χ1v) is 4.65. The number of rotatable bonds is 1. The zero-order valence-corrected chi connectivity index (χ0v) is 7.86. The number of nitrogens with one attached hydrogen (secondary N) is 1. The Morgan fingerprint density at radius 3 is 3.33 bits per heavy atom. The normalized spacial score (nSPS) is 21.9. The smallest absolute Gasteiger partial charge is 0.151 e. The Balaban J connectivity index is 2.20. The number of fused-ring (bicyclic) bond motifs is 1. The van der Waals surface area contributed by atoms with E-state index in [-0.39, 0.29) is 11.4 Å². The molecule has 12 heavy (non-hydrogen) atoms. The number of hydrogen-bond acceptors (Lipinski definition) is 2. The first kappa shape index (κ1) is 7.93. The molecule has 1 aromatic heterocycles. The molecular formula is C8H11N2OP. The molecule has 1 aliphatic rings. The number of nitrogens with zero attached hydrogens (tertiary/aromatic N) is 1. The first-order chi connectivity index (χ1) is 5.77. The van der Waals surface area contributed by atoms with Crippen LogP contribution in [-0.4, -0.2) is 15.5 Å². The van der Waals surface area contributed by atoms with Gasteiger partial charge in [-0.05, 0) is 19.3 Å². The minimum atomic E-state index is 0.183. The molecule has 2 unspecified atom stereocenters. The van der Waals surface area contributed by atoms with Gasteiger partial charge < -0.3 is 4.98 Å². The van der Waals surface area contributed by atoms with E-state index in [4.69, 9.17) is 0 Å². The third-order valence-corrected chi connectivity index (χ3v) is 2.86. The minimum absolute atomic E-state index is 0.183. The molecule has 0 saturated heterocycles. The van der Waals surface area contributed by atoms with Crippen LogP contribution in [0.2, 0.25) is 0 Å². The molecule has 0 aliphatic heterocycles. The topological polar surface area (TPSA) is 45.8 Å². The quantitative estimate of drug-likeness (QED) is 0.656. The van der Waals surface area contributed by atoms with Gasteiger partial charge in [-0.25, -0.2) is 4.98 Å². The molecule has 2 atom stereocenters. The lowest BCUT2D eigenvalue weighted by atomic mass is 9.91. The van der Waals surface area contributed by atoms with Gasteiger partial charge in [0.2, 0.25) is 0 Å². The first-order valence-electron chi connectivity index (χ1n) is 4.08. The highest BCUT2D eigenvalue weighted by Gasteiger charge is 2.23. The number of carbonyl (C=O) groups is 1. The third-order valence-electron chi connectivity index (χ3n) is 2.39. The highest BCUT2D eigenvalue weighted by molar-refractivity contribution is 7.40. The Hall–Kier alpha value is -0.690. The van der Waals surface area contributed by atoms with Crippen LogP contribution >= 0.6 is 9.24 Å². The van der Waals surface area contributed by atoms with Crippen LogP contribution in [0, 0.1) is 5.92 Å². The Morgan fingerprint density at radius 2 is 2.58 bits per heavy atom. The SMILES string of the molecule is O=C(P)C1CCc2nc[nH]c2C1. The summed E-state index contributed by atoms with van der Waals surface area (Å²) in [6, 6.07) is 0. The summed E-state index contributed by atoms with van der Waals surface area (Å²) >= 11 is 0. The molecule has 1 aliphatic carbocycles. The molecule has 1 aromatic rings. The van der Waals surface area contributed by atoms with Crippen molar-refractivity contribution in [3.05, 3.63) is 17.7 Å². The number of aromatic amines is 1. The molecule has 4 heteroatoms. The van der Waals surface area contributed by atoms with Gasteiger partial charge in [-0.1, -0.05) is 9.24 Å². The number of aryl methyl sites for hydroxylation is 1. The summed E-state index contributed by atoms with van der Waals surface area (Å²) in [5.41, 5.74) is 2.50. The standard InChI is InChI=1S/C8H11N2OP/c11-8(12)5-1-2-6-7(3-5)10-4-9-6/h4-5H,1-3,12H2,(H,9,10). The van der Waals surface area contributed by atoms with Gasteiger partial charge >= 0.3 is 0 Å². The fourth-order valence-electron chi connectivity index (χ4n) is 1.64. The van der Waals surface area contributed by atoms with E-state index in [0.717, 1.165) is 30.7 Å². The second kappa shape index (κ2) is 2.98. The van der Waals surface area contributed by atoms with Gasteiger partial charge in [-0.2, -0.15) is 0 Å². The predicted molar refractivity (Wildman–Crippen MR) is 48.8 cm³/mol. The van der Waals surface area contributed by atoms with Gasteiger partial charge in [-0.15, -0.1) is 0 Å². The molecular weight excluding hydrogens is 171 g/mol. The number of carbonyl (C=O) groups excluding carboxylic acids is 1. The molecule has 0 bridgehead atoms. The molecule has 0 saturated carbocycles. The Morgan fingerprint density at radius 1 is 1.75 bits per heavy atom. The molecule has 0 amide bonds. The lowest BCUT2D eigenvalue weighted by Crippen LogP contribution is -2.18. The molecule has 0 aromatic carbocycles. The summed E-state index contributed by atoms with van der Waals surface area (Å²) in [6.45, 7) is 0. The highest BCUT2D eigenvalue weighted by atomic mass is 31.0. The van der Waals surface area contributed by atoms with Gasteiger partial charge in [0.1, 0.15) is 0 Å². The van der Waals surface area contributed by atoms with Crippen LogP contribution in [0.4, 0.5) is 0 Å². The third kappa shape index (κ3) is 1.29. The minimum Gasteiger partial charge on any atom is -0.348 e. The largest absolute Gasteiger partial charge is 0.348 e. The van der Waals surface area contributed by atoms with Crippen molar-refractivity contribution in [1.82, 2.24) is 9.97 Å². The number of aromatic nitrogens is 2. The second-order valence-electron chi connectivity index (χ2n) is 3.17. The van der Waals surface area contributed by atoms with Crippen molar-refractivity contribution < 1.29 is 4.79 Å². The monoisotopic (exact) mass is 182 g/mol. The van der Waals surface area contributed by atoms with Crippen molar-refractivity contribution >= 4 is 14.8 Å². The lowest BCUT2D eigenvalue weighted by molar-refractivity contribution is -0.114. The van der Waals surface area contributed by atoms with Crippen molar-refractivity contribution in [1.29, 1.82) is 0 Å². The van der Waals surface area contributed by atoms with Crippen molar-refractivity contribution in [3.63, 3.8) is 0 Å². The zero-order chi connectivity index (χ0) is 8.55. The average Bonchev–Trinajstić information content (AvgIpc) is 2.49. The molecule has 0 fully saturated rings. The summed E-state index contributed by atoms with van der Waals surface area (Å²) in [6.07, 6.45) is 4.42. The molecule has 1 N–H and O–H groups in total. The van der Waals surface area contributed by atoms with Crippen molar-refractivity contribution in [2.45, 2.75) is 19.3 Å². The van der Waals surface area contributed by atoms with Gasteiger partial charge in [0.25, 0.3) is 0 Å². The van der Waals surface area contributed by atoms with Crippen LogP contribution in [0.15, 0.2) is 6.33 Å². The van der Waals surface area contributed by atoms with Gasteiger partial charge in [-0.3, -0.25) is 4.79 Å². The molecule has 1 heterocycles. The van der Waals surface area contributed by atoms with Gasteiger partial charge in [0.15, 0.2) is 5.52 Å². The Labute approximate surface area is 73.2 Å². The number of H-pyrrole nitrogens is 1. The van der Waals surface area contributed by atoms with Crippen LogP contribution < -0.4 is 0 Å². The van der Waals surface area contributed by atoms with Crippen molar-refractivity contribution in [3.8, 4) is 0 Å². The van der Waals surface area contributed by atoms with E-state index in [9.17, 15) is 4.79 Å². The van der Waals surface area contributed by atoms with E-state index in [1.165, 1.54) is 0 Å². The maximum Gasteiger partial charge on any atom is 0.151 e. The fourth-order valence-corrected chi connectivity index (χ4v) is 1.93. The summed E-state index contributed by atoms with van der Waals surface area (Å²) in [4.78, 5) is 18.3. The molecule has 2 rings (SSSR count). The Kier molecular flexibility index (Phi) is 1.97. The van der Waals surface area contributed by atoms with Gasteiger partial charge in [0.05, 0.1) is 12.0 Å². The van der Waals surface area contributed by atoms with Crippen molar-refractivity contribution in [2.75, 3.05) is 0 Å². The summed E-state index contributed by atoms with van der Waals surface area (Å²) in [5, 5.41) is 0. The van der Waals surface area contributed by atoms with E-state index in [1.54, 1.807) is 6.33 Å². The van der Waals surface area contributed by atoms with Crippen LogP contribution in [0.25, 0.3) is 0 Å². The highest BCUT2D eigenvalue weighted by Crippen LogP contribution is 2.24. The summed E-state index contributed by atoms with van der Waals surface area (Å²) in [5.74, 6) is 0.183. The Bertz CT molecular complexity index is 308. The molecule has 3 nitrogen and oxygen atoms in total. The van der Waals surface area contributed by atoms with E-state index < -0.39 is 0 Å². The lowest BCUT2D eigenvalue weighted by Gasteiger charge is -2.17. The van der Waals surface area contributed by atoms with Crippen LogP contribution in [0.1, 0.15) is 17.8 Å². The fraction of sp³-hybridized carbons (Fsp3) is 0.500. The number of imidazole rings is 1. The van der Waals surface area contributed by atoms with Crippen molar-refractivity contribution in [2.24, 2.45) is 5.92 Å². The van der Waals surface area contributed by atoms with Crippen LogP contribution in [-0.2, 0) is 17.6 Å². The van der Waals surface area contributed by atoms with Gasteiger partial charge in [0, 0.05) is 11.6 Å². The zero-order valence-electron chi connectivity index (χ0n) is 6.71. The summed E-state index contributed by atoms with van der Waals surface area (Å²) < 4.78 is 0. The average molecular weight is 182 g/mol. The molecule has 64 valence electrons. The van der Waals surface area contributed by atoms with E-state index in [1.807, 2.05) is 0 Å². The van der Waals surface area contributed by atoms with E-state index >= 15 is 0 Å². The number of hydrogen-bond donors (Lipinski definition) is 1. The maximum atomic E-state index is 11.1. The molecule has 0 spiro atoms. The summed E-state index contributed by atoms with van der Waals surface area (Å²) in [7, 11) is 2.26. The second-order valence-corrected chi connectivity index (χ2v) is 3.74. The van der Waals surface area contributed by atoms with Crippen LogP contribution in [0.3, 0.4) is 0 Å². The van der Waals surface area contributed by atoms with E-state index in [0.29, 0.717) is 0 Å². The van der Waals surface area contributed by atoms with E-state index in [2.05, 4.69) is 19.2 Å². The predicted octanol–water partition coefficient (Wildman–Crippen LogP) is 0.916. The maximum absolute atomic E-state index is 11.1.